The summed E-state index contributed by atoms with van der Waals surface area (Å²) >= 11 is 0. The van der Waals surface area contributed by atoms with Crippen molar-refractivity contribution >= 4 is 10.8 Å². The quantitative estimate of drug-likeness (QED) is 0.605. The summed E-state index contributed by atoms with van der Waals surface area (Å²) in [5.41, 5.74) is 1.71. The van der Waals surface area contributed by atoms with Gasteiger partial charge in [-0.2, -0.15) is 0 Å². The van der Waals surface area contributed by atoms with Crippen molar-refractivity contribution < 1.29 is 8.22 Å². The molecular weight excluding hydrogens is 230 g/mol. The lowest BCUT2D eigenvalue weighted by Gasteiger charge is -2.12. The molecule has 1 nitrogen and oxygen atoms in total. The molecule has 1 heterocycles. The topological polar surface area (TPSA) is 12.9 Å². The van der Waals surface area contributed by atoms with E-state index in [0.29, 0.717) is 16.8 Å². The second-order valence-corrected chi connectivity index (χ2v) is 4.58. The van der Waals surface area contributed by atoms with Gasteiger partial charge in [-0.15, -0.1) is 0 Å². The van der Waals surface area contributed by atoms with Crippen LogP contribution in [-0.2, 0) is 0 Å². The Balaban J connectivity index is 2.39. The van der Waals surface area contributed by atoms with E-state index < -0.39 is 13.7 Å². The van der Waals surface area contributed by atoms with Crippen molar-refractivity contribution in [1.29, 1.82) is 0 Å². The summed E-state index contributed by atoms with van der Waals surface area (Å²) in [4.78, 5) is 4.42. The molecule has 0 bridgehead atoms. The summed E-state index contributed by atoms with van der Waals surface area (Å²) < 4.78 is 46.4. The maximum atomic E-state index is 7.77. The predicted octanol–water partition coefficient (Wildman–Crippen LogP) is 4.83. The molecule has 19 heavy (non-hydrogen) atoms. The van der Waals surface area contributed by atoms with Crippen LogP contribution in [0.1, 0.15) is 24.9 Å². The van der Waals surface area contributed by atoms with Gasteiger partial charge in [-0.1, -0.05) is 35.9 Å². The van der Waals surface area contributed by atoms with Gasteiger partial charge in [-0.3, -0.25) is 4.98 Å². The van der Waals surface area contributed by atoms with E-state index in [1.807, 2.05) is 30.3 Å². The highest BCUT2D eigenvalue weighted by Gasteiger charge is 2.09. The molecule has 0 saturated heterocycles. The van der Waals surface area contributed by atoms with Crippen molar-refractivity contribution in [2.45, 2.75) is 20.6 Å². The molecule has 94 valence electrons. The number of hydrogen-bond acceptors (Lipinski definition) is 1. The van der Waals surface area contributed by atoms with Crippen LogP contribution in [0, 0.1) is 20.6 Å². The van der Waals surface area contributed by atoms with Crippen molar-refractivity contribution in [3.8, 4) is 11.3 Å². The van der Waals surface area contributed by atoms with Crippen LogP contribution >= 0.6 is 0 Å². The maximum Gasteiger partial charge on any atom is 0.0783 e. The van der Waals surface area contributed by atoms with Crippen molar-refractivity contribution in [3.05, 3.63) is 65.4 Å². The average molecular weight is 253 g/mol. The first kappa shape index (κ1) is 6.85. The van der Waals surface area contributed by atoms with E-state index in [4.69, 9.17) is 8.22 Å². The lowest BCUT2D eigenvalue weighted by atomic mass is 9.95. The van der Waals surface area contributed by atoms with E-state index in [-0.39, 0.29) is 11.1 Å². The third kappa shape index (κ3) is 2.01. The molecule has 0 N–H and O–H groups in total. The summed E-state index contributed by atoms with van der Waals surface area (Å²) in [6, 6.07) is 12.3. The molecule has 1 heteroatoms. The van der Waals surface area contributed by atoms with Crippen LogP contribution < -0.4 is 0 Å². The molecule has 0 aliphatic carbocycles. The molecule has 0 aliphatic heterocycles. The lowest BCUT2D eigenvalue weighted by Crippen LogP contribution is -1.93. The minimum Gasteiger partial charge on any atom is -0.256 e. The summed E-state index contributed by atoms with van der Waals surface area (Å²) in [6.07, 6.45) is 1.65. The Hall–Kier alpha value is -2.15. The van der Waals surface area contributed by atoms with Crippen LogP contribution in [0.5, 0.6) is 0 Å². The second kappa shape index (κ2) is 4.51. The van der Waals surface area contributed by atoms with Gasteiger partial charge in [-0.05, 0) is 49.3 Å². The first-order valence-corrected chi connectivity index (χ1v) is 6.09. The van der Waals surface area contributed by atoms with Crippen LogP contribution in [0.2, 0.25) is 0 Å². The zero-order valence-corrected chi connectivity index (χ0v) is 10.6. The zero-order valence-electron chi connectivity index (χ0n) is 16.6. The monoisotopic (exact) mass is 253 g/mol. The fourth-order valence-corrected chi connectivity index (χ4v) is 2.29. The second-order valence-electron chi connectivity index (χ2n) is 4.58. The Morgan fingerprint density at radius 2 is 1.95 bits per heavy atom. The molecule has 0 unspecified atom stereocenters. The van der Waals surface area contributed by atoms with Crippen LogP contribution in [0.3, 0.4) is 0 Å². The van der Waals surface area contributed by atoms with Gasteiger partial charge in [0.1, 0.15) is 0 Å². The minimum atomic E-state index is -2.40. The van der Waals surface area contributed by atoms with E-state index in [2.05, 4.69) is 4.98 Å². The molecule has 0 fully saturated rings. The standard InChI is InChI=1S/C18H17N/c1-12-10-13(2)14(3)17(11-12)18-16-7-5-4-6-15(16)8-9-19-18/h4-11H,1-3H3/i1D3,2D3. The number of fused-ring (bicyclic) bond motifs is 1. The minimum absolute atomic E-state index is 0.00830. The van der Waals surface area contributed by atoms with Crippen molar-refractivity contribution in [1.82, 2.24) is 4.98 Å². The molecule has 1 aromatic heterocycles. The highest BCUT2D eigenvalue weighted by atomic mass is 14.7. The average Bonchev–Trinajstić information content (AvgIpc) is 2.52. The number of nitrogens with zero attached hydrogens (tertiary/aromatic N) is 1. The number of benzene rings is 2. The van der Waals surface area contributed by atoms with Gasteiger partial charge >= 0.3 is 0 Å². The third-order valence-electron chi connectivity index (χ3n) is 3.34. The van der Waals surface area contributed by atoms with Gasteiger partial charge in [0, 0.05) is 25.4 Å². The van der Waals surface area contributed by atoms with Gasteiger partial charge in [0.05, 0.1) is 5.69 Å². The van der Waals surface area contributed by atoms with Crippen molar-refractivity contribution in [3.63, 3.8) is 0 Å². The number of aryl methyl sites for hydroxylation is 2. The molecule has 0 amide bonds. The van der Waals surface area contributed by atoms with Crippen molar-refractivity contribution in [2.75, 3.05) is 0 Å². The summed E-state index contributed by atoms with van der Waals surface area (Å²) in [6.45, 7) is -3.10. The first-order chi connectivity index (χ1) is 11.6. The molecule has 0 radical (unpaired) electrons. The maximum absolute atomic E-state index is 7.77. The van der Waals surface area contributed by atoms with Crippen LogP contribution in [0.25, 0.3) is 22.0 Å². The Kier molecular flexibility index (Phi) is 1.63. The highest BCUT2D eigenvalue weighted by molar-refractivity contribution is 5.95. The fourth-order valence-electron chi connectivity index (χ4n) is 2.29. The van der Waals surface area contributed by atoms with Crippen LogP contribution in [-0.4, -0.2) is 4.98 Å². The largest absolute Gasteiger partial charge is 0.256 e. The SMILES string of the molecule is [2H]C([2H])([2H])c1cc(-c2nccc3ccccc23)c(C)c(C([2H])([2H])[2H])c1. The van der Waals surface area contributed by atoms with Gasteiger partial charge in [0.15, 0.2) is 0 Å². The molecule has 0 saturated carbocycles. The first-order valence-electron chi connectivity index (χ1n) is 9.09. The van der Waals surface area contributed by atoms with E-state index in [9.17, 15) is 0 Å². The highest BCUT2D eigenvalue weighted by Crippen LogP contribution is 2.30. The van der Waals surface area contributed by atoms with E-state index in [1.165, 1.54) is 12.1 Å². The van der Waals surface area contributed by atoms with Crippen molar-refractivity contribution in [2.24, 2.45) is 0 Å². The van der Waals surface area contributed by atoms with E-state index >= 15 is 0 Å². The molecule has 0 aliphatic rings. The van der Waals surface area contributed by atoms with Crippen LogP contribution in [0.4, 0.5) is 0 Å². The van der Waals surface area contributed by atoms with Gasteiger partial charge in [0.2, 0.25) is 0 Å². The molecular formula is C18H17N. The van der Waals surface area contributed by atoms with Gasteiger partial charge in [-0.25, -0.2) is 0 Å². The molecule has 3 aromatic rings. The Morgan fingerprint density at radius 3 is 2.79 bits per heavy atom. The van der Waals surface area contributed by atoms with E-state index in [0.717, 1.165) is 10.8 Å². The smallest absolute Gasteiger partial charge is 0.0783 e. The third-order valence-corrected chi connectivity index (χ3v) is 3.34. The van der Waals surface area contributed by atoms with Gasteiger partial charge < -0.3 is 0 Å². The Bertz CT molecular complexity index is 935. The number of aromatic nitrogens is 1. The molecule has 0 atom stereocenters. The number of hydrogen-bond donors (Lipinski definition) is 0. The zero-order chi connectivity index (χ0) is 18.4. The number of rotatable bonds is 1. The summed E-state index contributed by atoms with van der Waals surface area (Å²) in [5, 5.41) is 1.81. The van der Waals surface area contributed by atoms with Gasteiger partial charge in [0.25, 0.3) is 0 Å². The van der Waals surface area contributed by atoms with Crippen LogP contribution in [0.15, 0.2) is 48.7 Å². The lowest BCUT2D eigenvalue weighted by molar-refractivity contribution is 1.27. The number of pyridine rings is 1. The molecule has 0 spiro atoms. The summed E-state index contributed by atoms with van der Waals surface area (Å²) in [7, 11) is 0. The normalized spacial score (nSPS) is 16.9. The Morgan fingerprint density at radius 1 is 1.05 bits per heavy atom. The Labute approximate surface area is 122 Å². The predicted molar refractivity (Wildman–Crippen MR) is 81.4 cm³/mol. The van der Waals surface area contributed by atoms with E-state index in [1.54, 1.807) is 13.1 Å². The molecule has 2 aromatic carbocycles. The molecule has 3 rings (SSSR count). The fraction of sp³-hybridized carbons (Fsp3) is 0.167. The summed E-state index contributed by atoms with van der Waals surface area (Å²) in [5.74, 6) is 0.